The Labute approximate surface area is 75.4 Å². The van der Waals surface area contributed by atoms with Crippen LogP contribution in [0.3, 0.4) is 0 Å². The third-order valence-electron chi connectivity index (χ3n) is 1.39. The quantitative estimate of drug-likeness (QED) is 0.694. The molecule has 1 aromatic rings. The van der Waals surface area contributed by atoms with Crippen molar-refractivity contribution in [1.29, 1.82) is 5.26 Å². The number of hydrogen-bond donors (Lipinski definition) is 1. The first-order valence-electron chi connectivity index (χ1n) is 3.71. The molecule has 5 nitrogen and oxygen atoms in total. The van der Waals surface area contributed by atoms with Gasteiger partial charge in [0.1, 0.15) is 6.04 Å². The monoisotopic (exact) mass is 176 g/mol. The van der Waals surface area contributed by atoms with Crippen molar-refractivity contribution in [3.8, 4) is 6.07 Å². The van der Waals surface area contributed by atoms with Gasteiger partial charge >= 0.3 is 0 Å². The average Bonchev–Trinajstić information content (AvgIpc) is 2.19. The van der Waals surface area contributed by atoms with E-state index in [2.05, 4.69) is 15.5 Å². The highest BCUT2D eigenvalue weighted by molar-refractivity contribution is 5.94. The largest absolute Gasteiger partial charge is 0.336 e. The summed E-state index contributed by atoms with van der Waals surface area (Å²) in [6.45, 7) is 1.60. The van der Waals surface area contributed by atoms with Crippen LogP contribution in [-0.2, 0) is 0 Å². The molecule has 1 atom stereocenters. The summed E-state index contributed by atoms with van der Waals surface area (Å²) in [6, 6.07) is 2.93. The second-order valence-electron chi connectivity index (χ2n) is 2.46. The standard InChI is InChI=1S/C8H8N4O/c1-6(4-9)12-8(13)7-2-3-10-11-5-7/h2-3,5-6H,1H3,(H,12,13). The Balaban J connectivity index is 2.66. The van der Waals surface area contributed by atoms with Crippen LogP contribution in [0.4, 0.5) is 0 Å². The fourth-order valence-electron chi connectivity index (χ4n) is 0.737. The number of nitriles is 1. The van der Waals surface area contributed by atoms with E-state index in [1.807, 2.05) is 6.07 Å². The van der Waals surface area contributed by atoms with Gasteiger partial charge in [-0.1, -0.05) is 0 Å². The summed E-state index contributed by atoms with van der Waals surface area (Å²) in [5.41, 5.74) is 0.400. The molecule has 0 saturated carbocycles. The lowest BCUT2D eigenvalue weighted by molar-refractivity contribution is 0.0947. The first-order valence-corrected chi connectivity index (χ1v) is 3.71. The maximum Gasteiger partial charge on any atom is 0.253 e. The highest BCUT2D eigenvalue weighted by atomic mass is 16.1. The summed E-state index contributed by atoms with van der Waals surface area (Å²) < 4.78 is 0. The lowest BCUT2D eigenvalue weighted by Crippen LogP contribution is -2.31. The van der Waals surface area contributed by atoms with Gasteiger partial charge < -0.3 is 5.32 Å². The van der Waals surface area contributed by atoms with Crippen molar-refractivity contribution in [2.45, 2.75) is 13.0 Å². The minimum atomic E-state index is -0.499. The lowest BCUT2D eigenvalue weighted by atomic mass is 10.2. The Hall–Kier alpha value is -1.96. The number of carbonyl (C=O) groups excluding carboxylic acids is 1. The normalized spacial score (nSPS) is 11.4. The second kappa shape index (κ2) is 4.16. The van der Waals surface area contributed by atoms with Crippen LogP contribution in [0, 0.1) is 11.3 Å². The highest BCUT2D eigenvalue weighted by Gasteiger charge is 2.07. The van der Waals surface area contributed by atoms with E-state index < -0.39 is 6.04 Å². The zero-order valence-corrected chi connectivity index (χ0v) is 7.06. The third kappa shape index (κ3) is 2.52. The van der Waals surface area contributed by atoms with Crippen LogP contribution in [0.1, 0.15) is 17.3 Å². The van der Waals surface area contributed by atoms with E-state index in [-0.39, 0.29) is 5.91 Å². The van der Waals surface area contributed by atoms with Crippen LogP contribution in [0.25, 0.3) is 0 Å². The van der Waals surface area contributed by atoms with Crippen molar-refractivity contribution in [3.05, 3.63) is 24.0 Å². The van der Waals surface area contributed by atoms with Crippen LogP contribution in [-0.4, -0.2) is 22.1 Å². The summed E-state index contributed by atoms with van der Waals surface area (Å²) in [5, 5.41) is 18.0. The molecule has 0 aliphatic heterocycles. The first kappa shape index (κ1) is 9.13. The fraction of sp³-hybridized carbons (Fsp3) is 0.250. The van der Waals surface area contributed by atoms with Gasteiger partial charge in [-0.15, -0.1) is 0 Å². The van der Waals surface area contributed by atoms with Crippen molar-refractivity contribution in [2.24, 2.45) is 0 Å². The minimum Gasteiger partial charge on any atom is -0.336 e. The van der Waals surface area contributed by atoms with E-state index in [9.17, 15) is 4.79 Å². The smallest absolute Gasteiger partial charge is 0.253 e. The summed E-state index contributed by atoms with van der Waals surface area (Å²) in [5.74, 6) is -0.316. The number of nitrogens with one attached hydrogen (secondary N) is 1. The fourth-order valence-corrected chi connectivity index (χ4v) is 0.737. The Morgan fingerprint density at radius 3 is 3.00 bits per heavy atom. The predicted octanol–water partition coefficient (Wildman–Crippen LogP) is 0.118. The second-order valence-corrected chi connectivity index (χ2v) is 2.46. The molecule has 0 aliphatic carbocycles. The van der Waals surface area contributed by atoms with E-state index in [0.29, 0.717) is 5.56 Å². The topological polar surface area (TPSA) is 78.7 Å². The van der Waals surface area contributed by atoms with Gasteiger partial charge in [-0.05, 0) is 13.0 Å². The molecule has 0 fully saturated rings. The van der Waals surface area contributed by atoms with Gasteiger partial charge in [0.15, 0.2) is 0 Å². The Bertz CT molecular complexity index is 330. The van der Waals surface area contributed by atoms with Crippen molar-refractivity contribution in [3.63, 3.8) is 0 Å². The number of aromatic nitrogens is 2. The molecule has 1 aromatic heterocycles. The maximum absolute atomic E-state index is 11.3. The average molecular weight is 176 g/mol. The summed E-state index contributed by atoms with van der Waals surface area (Å²) in [4.78, 5) is 11.3. The van der Waals surface area contributed by atoms with Gasteiger partial charge in [0, 0.05) is 0 Å². The van der Waals surface area contributed by atoms with Crippen molar-refractivity contribution in [2.75, 3.05) is 0 Å². The third-order valence-corrected chi connectivity index (χ3v) is 1.39. The molecule has 13 heavy (non-hydrogen) atoms. The molecule has 0 spiro atoms. The molecular weight excluding hydrogens is 168 g/mol. The van der Waals surface area contributed by atoms with Crippen molar-refractivity contribution < 1.29 is 4.79 Å². The van der Waals surface area contributed by atoms with Crippen LogP contribution < -0.4 is 5.32 Å². The van der Waals surface area contributed by atoms with E-state index in [1.54, 1.807) is 6.92 Å². The van der Waals surface area contributed by atoms with E-state index >= 15 is 0 Å². The molecule has 0 aliphatic rings. The van der Waals surface area contributed by atoms with Crippen LogP contribution in [0.2, 0.25) is 0 Å². The molecule has 0 aromatic carbocycles. The van der Waals surface area contributed by atoms with Crippen LogP contribution in [0.15, 0.2) is 18.5 Å². The zero-order valence-electron chi connectivity index (χ0n) is 7.06. The molecule has 1 unspecified atom stereocenters. The molecule has 1 amide bonds. The zero-order chi connectivity index (χ0) is 9.68. The number of carbonyl (C=O) groups is 1. The Kier molecular flexibility index (Phi) is 2.92. The van der Waals surface area contributed by atoms with Gasteiger partial charge in [0.2, 0.25) is 0 Å². The number of rotatable bonds is 2. The number of hydrogen-bond acceptors (Lipinski definition) is 4. The van der Waals surface area contributed by atoms with Gasteiger partial charge in [0.25, 0.3) is 5.91 Å². The Morgan fingerprint density at radius 1 is 1.69 bits per heavy atom. The van der Waals surface area contributed by atoms with E-state index in [4.69, 9.17) is 5.26 Å². The molecule has 5 heteroatoms. The summed E-state index contributed by atoms with van der Waals surface area (Å²) in [6.07, 6.45) is 2.77. The SMILES string of the molecule is CC(C#N)NC(=O)c1ccnnc1. The van der Waals surface area contributed by atoms with Gasteiger partial charge in [-0.3, -0.25) is 4.79 Å². The van der Waals surface area contributed by atoms with Crippen LogP contribution >= 0.6 is 0 Å². The molecule has 0 bridgehead atoms. The Morgan fingerprint density at radius 2 is 2.46 bits per heavy atom. The maximum atomic E-state index is 11.3. The molecule has 1 N–H and O–H groups in total. The molecule has 66 valence electrons. The van der Waals surface area contributed by atoms with Crippen molar-refractivity contribution in [1.82, 2.24) is 15.5 Å². The lowest BCUT2D eigenvalue weighted by Gasteiger charge is -2.04. The van der Waals surface area contributed by atoms with E-state index in [1.165, 1.54) is 18.5 Å². The molecule has 1 rings (SSSR count). The van der Waals surface area contributed by atoms with Gasteiger partial charge in [-0.25, -0.2) is 0 Å². The molecule has 0 radical (unpaired) electrons. The van der Waals surface area contributed by atoms with Crippen LogP contribution in [0.5, 0.6) is 0 Å². The summed E-state index contributed by atoms with van der Waals surface area (Å²) >= 11 is 0. The predicted molar refractivity (Wildman–Crippen MR) is 44.6 cm³/mol. The van der Waals surface area contributed by atoms with Gasteiger partial charge in [-0.2, -0.15) is 15.5 Å². The van der Waals surface area contributed by atoms with Crippen molar-refractivity contribution >= 4 is 5.91 Å². The minimum absolute atomic E-state index is 0.316. The first-order chi connectivity index (χ1) is 6.24. The number of amides is 1. The number of nitrogens with zero attached hydrogens (tertiary/aromatic N) is 3. The summed E-state index contributed by atoms with van der Waals surface area (Å²) in [7, 11) is 0. The van der Waals surface area contributed by atoms with Gasteiger partial charge in [0.05, 0.1) is 24.0 Å². The molecular formula is C8H8N4O. The molecule has 1 heterocycles. The van der Waals surface area contributed by atoms with E-state index in [0.717, 1.165) is 0 Å². The molecule has 0 saturated heterocycles. The highest BCUT2D eigenvalue weighted by Crippen LogP contribution is 1.94.